The Morgan fingerprint density at radius 2 is 2.17 bits per heavy atom. The number of ketones is 1. The molecule has 4 heteroatoms. The highest BCUT2D eigenvalue weighted by Gasteiger charge is 2.05. The zero-order valence-electron chi connectivity index (χ0n) is 12.0. The summed E-state index contributed by atoms with van der Waals surface area (Å²) in [5, 5.41) is 3.07. The molecule has 1 atom stereocenters. The van der Waals surface area contributed by atoms with E-state index in [1.807, 2.05) is 27.8 Å². The minimum atomic E-state index is -0.0326. The van der Waals surface area contributed by atoms with Gasteiger partial charge in [-0.25, -0.2) is 4.98 Å². The molecule has 0 saturated heterocycles. The molecule has 0 aliphatic carbocycles. The van der Waals surface area contributed by atoms with Gasteiger partial charge in [0.1, 0.15) is 11.4 Å². The Morgan fingerprint density at radius 1 is 1.50 bits per heavy atom. The van der Waals surface area contributed by atoms with Gasteiger partial charge in [-0.05, 0) is 39.1 Å². The van der Waals surface area contributed by atoms with E-state index in [2.05, 4.69) is 10.3 Å². The van der Waals surface area contributed by atoms with Gasteiger partial charge in [0, 0.05) is 8.35 Å². The Hall–Kier alpha value is -1.42. The molecular weight excluding hydrogens is 228 g/mol. The van der Waals surface area contributed by atoms with Crippen LogP contribution in [0.4, 0.5) is 0 Å². The molecule has 1 heterocycles. The standard InChI is InChI=1S/C12H18N2O2.C2H6.H2/c1-9(6-7-13-3)16-11-4-5-12(10(2)15)14-8-11;1-2;/h4-5,8-9,13H,6-7H2,1-3H3;1-2H3;1H. The molecule has 0 fully saturated rings. The summed E-state index contributed by atoms with van der Waals surface area (Å²) >= 11 is 0. The maximum atomic E-state index is 11.0. The average molecular weight is 254 g/mol. The van der Waals surface area contributed by atoms with Crippen LogP contribution in [0, 0.1) is 0 Å². The van der Waals surface area contributed by atoms with Crippen molar-refractivity contribution in [3.63, 3.8) is 0 Å². The summed E-state index contributed by atoms with van der Waals surface area (Å²) in [4.78, 5) is 15.0. The SMILES string of the molecule is CC.CNCCC(C)Oc1ccc(C(C)=O)nc1.[HH]. The molecule has 0 spiro atoms. The first-order valence-corrected chi connectivity index (χ1v) is 6.41. The predicted octanol–water partition coefficient (Wildman–Crippen LogP) is 2.93. The van der Waals surface area contributed by atoms with Gasteiger partial charge in [0.15, 0.2) is 5.78 Å². The molecule has 1 aromatic heterocycles. The van der Waals surface area contributed by atoms with Gasteiger partial charge in [-0.3, -0.25) is 4.79 Å². The van der Waals surface area contributed by atoms with Crippen LogP contribution in [0.5, 0.6) is 5.75 Å². The maximum absolute atomic E-state index is 11.0. The number of hydrogen-bond donors (Lipinski definition) is 1. The van der Waals surface area contributed by atoms with Gasteiger partial charge >= 0.3 is 0 Å². The van der Waals surface area contributed by atoms with Crippen molar-refractivity contribution in [3.8, 4) is 5.75 Å². The second kappa shape index (κ2) is 9.59. The van der Waals surface area contributed by atoms with Crippen molar-refractivity contribution in [2.45, 2.75) is 40.2 Å². The summed E-state index contributed by atoms with van der Waals surface area (Å²) < 4.78 is 5.64. The Kier molecular flexibility index (Phi) is 8.84. The van der Waals surface area contributed by atoms with Crippen molar-refractivity contribution >= 4 is 5.78 Å². The van der Waals surface area contributed by atoms with E-state index in [-0.39, 0.29) is 13.3 Å². The Labute approximate surface area is 111 Å². The van der Waals surface area contributed by atoms with Crippen molar-refractivity contribution in [3.05, 3.63) is 24.0 Å². The Bertz CT molecular complexity index is 342. The first kappa shape index (κ1) is 16.6. The summed E-state index contributed by atoms with van der Waals surface area (Å²) in [6, 6.07) is 3.46. The first-order chi connectivity index (χ1) is 8.63. The van der Waals surface area contributed by atoms with Crippen LogP contribution in [0.1, 0.15) is 46.0 Å². The number of nitrogens with one attached hydrogen (secondary N) is 1. The van der Waals surface area contributed by atoms with Crippen molar-refractivity contribution in [2.24, 2.45) is 0 Å². The van der Waals surface area contributed by atoms with E-state index in [0.717, 1.165) is 13.0 Å². The van der Waals surface area contributed by atoms with Crippen molar-refractivity contribution in [2.75, 3.05) is 13.6 Å². The molecule has 0 amide bonds. The Balaban J connectivity index is 0. The van der Waals surface area contributed by atoms with Crippen LogP contribution < -0.4 is 10.1 Å². The molecule has 18 heavy (non-hydrogen) atoms. The molecule has 0 bridgehead atoms. The summed E-state index contributed by atoms with van der Waals surface area (Å²) in [6.45, 7) is 8.43. The van der Waals surface area contributed by atoms with Gasteiger partial charge < -0.3 is 10.1 Å². The molecule has 1 rings (SSSR count). The minimum Gasteiger partial charge on any atom is -0.489 e. The van der Waals surface area contributed by atoms with E-state index in [9.17, 15) is 4.79 Å². The lowest BCUT2D eigenvalue weighted by Gasteiger charge is -2.14. The van der Waals surface area contributed by atoms with Gasteiger partial charge in [-0.1, -0.05) is 13.8 Å². The smallest absolute Gasteiger partial charge is 0.178 e. The number of ether oxygens (including phenoxy) is 1. The van der Waals surface area contributed by atoms with E-state index in [0.29, 0.717) is 11.4 Å². The third kappa shape index (κ3) is 6.35. The first-order valence-electron chi connectivity index (χ1n) is 6.41. The number of aromatic nitrogens is 1. The number of hydrogen-bond acceptors (Lipinski definition) is 4. The fourth-order valence-corrected chi connectivity index (χ4v) is 1.30. The molecular formula is C14H26N2O2. The molecule has 0 aliphatic rings. The lowest BCUT2D eigenvalue weighted by Crippen LogP contribution is -2.19. The minimum absolute atomic E-state index is 0. The number of nitrogens with zero attached hydrogens (tertiary/aromatic N) is 1. The highest BCUT2D eigenvalue weighted by atomic mass is 16.5. The molecule has 0 aromatic carbocycles. The van der Waals surface area contributed by atoms with Gasteiger partial charge in [-0.2, -0.15) is 0 Å². The number of rotatable bonds is 6. The highest BCUT2D eigenvalue weighted by molar-refractivity contribution is 5.92. The second-order valence-electron chi connectivity index (χ2n) is 3.76. The largest absolute Gasteiger partial charge is 0.489 e. The predicted molar refractivity (Wildman–Crippen MR) is 76.3 cm³/mol. The summed E-state index contributed by atoms with van der Waals surface area (Å²) in [5.41, 5.74) is 0.468. The van der Waals surface area contributed by atoms with E-state index >= 15 is 0 Å². The summed E-state index contributed by atoms with van der Waals surface area (Å²) in [7, 11) is 1.91. The lowest BCUT2D eigenvalue weighted by molar-refractivity contribution is 0.101. The number of carbonyl (C=O) groups is 1. The second-order valence-corrected chi connectivity index (χ2v) is 3.76. The Morgan fingerprint density at radius 3 is 2.61 bits per heavy atom. The highest BCUT2D eigenvalue weighted by Crippen LogP contribution is 2.12. The number of Topliss-reactive ketones (excluding diaryl/α,β-unsaturated/α-hetero) is 1. The lowest BCUT2D eigenvalue weighted by atomic mass is 10.2. The third-order valence-corrected chi connectivity index (χ3v) is 2.24. The van der Waals surface area contributed by atoms with Crippen LogP contribution in [-0.4, -0.2) is 30.5 Å². The molecule has 0 radical (unpaired) electrons. The number of pyridine rings is 1. The monoisotopic (exact) mass is 254 g/mol. The molecule has 0 aliphatic heterocycles. The van der Waals surface area contributed by atoms with Gasteiger partial charge in [0.25, 0.3) is 0 Å². The van der Waals surface area contributed by atoms with Crippen LogP contribution in [0.2, 0.25) is 0 Å². The zero-order valence-corrected chi connectivity index (χ0v) is 12.0. The van der Waals surface area contributed by atoms with Crippen molar-refractivity contribution < 1.29 is 11.0 Å². The maximum Gasteiger partial charge on any atom is 0.178 e. The van der Waals surface area contributed by atoms with Gasteiger partial charge in [0.2, 0.25) is 0 Å². The average Bonchev–Trinajstić information content (AvgIpc) is 2.39. The van der Waals surface area contributed by atoms with Crippen LogP contribution in [0.15, 0.2) is 18.3 Å². The van der Waals surface area contributed by atoms with Crippen molar-refractivity contribution in [1.29, 1.82) is 0 Å². The summed E-state index contributed by atoms with van der Waals surface area (Å²) in [6.07, 6.45) is 2.66. The van der Waals surface area contributed by atoms with E-state index in [4.69, 9.17) is 4.74 Å². The van der Waals surface area contributed by atoms with Crippen LogP contribution in [0.3, 0.4) is 0 Å². The fraction of sp³-hybridized carbons (Fsp3) is 0.571. The molecule has 104 valence electrons. The summed E-state index contributed by atoms with van der Waals surface area (Å²) in [5.74, 6) is 0.670. The molecule has 0 saturated carbocycles. The van der Waals surface area contributed by atoms with E-state index in [1.165, 1.54) is 6.92 Å². The fourth-order valence-electron chi connectivity index (χ4n) is 1.30. The molecule has 1 N–H and O–H groups in total. The van der Waals surface area contributed by atoms with Gasteiger partial charge in [-0.15, -0.1) is 0 Å². The van der Waals surface area contributed by atoms with Crippen molar-refractivity contribution in [1.82, 2.24) is 10.3 Å². The normalized spacial score (nSPS) is 11.2. The molecule has 1 unspecified atom stereocenters. The van der Waals surface area contributed by atoms with E-state index < -0.39 is 0 Å². The van der Waals surface area contributed by atoms with Crippen LogP contribution in [-0.2, 0) is 0 Å². The van der Waals surface area contributed by atoms with Crippen LogP contribution >= 0.6 is 0 Å². The van der Waals surface area contributed by atoms with E-state index in [1.54, 1.807) is 18.3 Å². The van der Waals surface area contributed by atoms with Crippen LogP contribution in [0.25, 0.3) is 0 Å². The third-order valence-electron chi connectivity index (χ3n) is 2.24. The van der Waals surface area contributed by atoms with Gasteiger partial charge in [0.05, 0.1) is 12.3 Å². The molecule has 1 aromatic rings. The molecule has 4 nitrogen and oxygen atoms in total. The zero-order chi connectivity index (χ0) is 14.0. The topological polar surface area (TPSA) is 51.2 Å². The number of carbonyl (C=O) groups excluding carboxylic acids is 1. The quantitative estimate of drug-likeness (QED) is 0.793.